The predicted octanol–water partition coefficient (Wildman–Crippen LogP) is 0.678. The van der Waals surface area contributed by atoms with E-state index in [1.54, 1.807) is 6.20 Å². The summed E-state index contributed by atoms with van der Waals surface area (Å²) in [7, 11) is 0. The van der Waals surface area contributed by atoms with Crippen molar-refractivity contribution in [1.29, 1.82) is 0 Å². The molecule has 19 heavy (non-hydrogen) atoms. The summed E-state index contributed by atoms with van der Waals surface area (Å²) >= 11 is 0. The van der Waals surface area contributed by atoms with Gasteiger partial charge in [-0.1, -0.05) is 6.07 Å². The highest BCUT2D eigenvalue weighted by molar-refractivity contribution is 5.91. The van der Waals surface area contributed by atoms with Crippen LogP contribution in [-0.4, -0.2) is 30.8 Å². The Kier molecular flexibility index (Phi) is 2.85. The van der Waals surface area contributed by atoms with Gasteiger partial charge in [-0.2, -0.15) is 0 Å². The molecule has 0 radical (unpaired) electrons. The maximum atomic E-state index is 11.9. The van der Waals surface area contributed by atoms with Gasteiger partial charge in [-0.05, 0) is 12.1 Å². The summed E-state index contributed by atoms with van der Waals surface area (Å²) in [6, 6.07) is 5.51. The van der Waals surface area contributed by atoms with Crippen LogP contribution in [-0.2, 0) is 6.54 Å². The number of H-pyrrole nitrogens is 1. The molecule has 94 valence electrons. The minimum atomic E-state index is -0.351. The predicted molar refractivity (Wildman–Crippen MR) is 67.1 cm³/mol. The van der Waals surface area contributed by atoms with Crippen molar-refractivity contribution in [1.82, 2.24) is 30.2 Å². The van der Waals surface area contributed by atoms with E-state index in [9.17, 15) is 4.79 Å². The summed E-state index contributed by atoms with van der Waals surface area (Å²) in [5.41, 5.74) is 1.94. The third kappa shape index (κ3) is 2.39. The number of carbonyl (C=O) groups excluding carboxylic acids is 1. The minimum absolute atomic E-state index is 0.0931. The standard InChI is InChI=1S/C12H10N6O/c19-12(15-5-8-3-1-2-4-13-8)11-14-6-9-10(18-11)17-7-16-9/h1-4,6-7H,5H2,(H,15,19)(H,14,16,17,18). The van der Waals surface area contributed by atoms with E-state index in [-0.39, 0.29) is 11.7 Å². The molecule has 0 fully saturated rings. The number of hydrogen-bond donors (Lipinski definition) is 2. The van der Waals surface area contributed by atoms with Crippen LogP contribution < -0.4 is 5.32 Å². The Morgan fingerprint density at radius 1 is 1.26 bits per heavy atom. The highest BCUT2D eigenvalue weighted by Gasteiger charge is 2.10. The quantitative estimate of drug-likeness (QED) is 0.716. The van der Waals surface area contributed by atoms with Gasteiger partial charge in [0.15, 0.2) is 5.65 Å². The topological polar surface area (TPSA) is 96.5 Å². The van der Waals surface area contributed by atoms with Crippen LogP contribution in [0.4, 0.5) is 0 Å². The largest absolute Gasteiger partial charge is 0.344 e. The third-order valence-corrected chi connectivity index (χ3v) is 2.53. The molecule has 1 amide bonds. The first-order chi connectivity index (χ1) is 9.33. The number of imidazole rings is 1. The molecule has 0 aliphatic rings. The molecular formula is C12H10N6O. The van der Waals surface area contributed by atoms with E-state index in [2.05, 4.69) is 30.2 Å². The van der Waals surface area contributed by atoms with Gasteiger partial charge in [-0.25, -0.2) is 15.0 Å². The molecule has 0 aliphatic heterocycles. The zero-order chi connectivity index (χ0) is 13.1. The van der Waals surface area contributed by atoms with Crippen LogP contribution in [0.15, 0.2) is 36.9 Å². The lowest BCUT2D eigenvalue weighted by Gasteiger charge is -2.03. The third-order valence-electron chi connectivity index (χ3n) is 2.53. The van der Waals surface area contributed by atoms with Crippen molar-refractivity contribution in [2.45, 2.75) is 6.54 Å². The van der Waals surface area contributed by atoms with Gasteiger partial charge in [-0.15, -0.1) is 0 Å². The van der Waals surface area contributed by atoms with E-state index in [0.29, 0.717) is 17.7 Å². The maximum absolute atomic E-state index is 11.9. The molecule has 7 nitrogen and oxygen atoms in total. The fraction of sp³-hybridized carbons (Fsp3) is 0.0833. The maximum Gasteiger partial charge on any atom is 0.289 e. The molecule has 0 saturated heterocycles. The molecule has 0 atom stereocenters. The lowest BCUT2D eigenvalue weighted by molar-refractivity contribution is 0.0940. The van der Waals surface area contributed by atoms with Gasteiger partial charge < -0.3 is 10.3 Å². The minimum Gasteiger partial charge on any atom is -0.344 e. The number of amides is 1. The van der Waals surface area contributed by atoms with Gasteiger partial charge in [-0.3, -0.25) is 9.78 Å². The van der Waals surface area contributed by atoms with Crippen LogP contribution >= 0.6 is 0 Å². The molecule has 0 saturated carbocycles. The first kappa shape index (κ1) is 11.3. The molecule has 0 aliphatic carbocycles. The van der Waals surface area contributed by atoms with Crippen molar-refractivity contribution in [2.24, 2.45) is 0 Å². The Morgan fingerprint density at radius 3 is 3.05 bits per heavy atom. The number of carbonyl (C=O) groups is 1. The van der Waals surface area contributed by atoms with Crippen LogP contribution in [0, 0.1) is 0 Å². The van der Waals surface area contributed by atoms with Gasteiger partial charge >= 0.3 is 0 Å². The van der Waals surface area contributed by atoms with Crippen molar-refractivity contribution < 1.29 is 4.79 Å². The second-order valence-corrected chi connectivity index (χ2v) is 3.84. The summed E-state index contributed by atoms with van der Waals surface area (Å²) in [5.74, 6) is -0.258. The Labute approximate surface area is 108 Å². The van der Waals surface area contributed by atoms with E-state index < -0.39 is 0 Å². The Morgan fingerprint density at radius 2 is 2.21 bits per heavy atom. The smallest absolute Gasteiger partial charge is 0.289 e. The highest BCUT2D eigenvalue weighted by atomic mass is 16.2. The van der Waals surface area contributed by atoms with Crippen LogP contribution in [0.5, 0.6) is 0 Å². The van der Waals surface area contributed by atoms with Crippen molar-refractivity contribution in [3.05, 3.63) is 48.4 Å². The number of nitrogens with one attached hydrogen (secondary N) is 2. The fourth-order valence-electron chi connectivity index (χ4n) is 1.60. The summed E-state index contributed by atoms with van der Waals surface area (Å²) in [5, 5.41) is 2.71. The van der Waals surface area contributed by atoms with Crippen LogP contribution in [0.25, 0.3) is 11.2 Å². The Balaban J connectivity index is 1.73. The van der Waals surface area contributed by atoms with Crippen LogP contribution in [0.1, 0.15) is 16.3 Å². The number of rotatable bonds is 3. The second kappa shape index (κ2) is 4.81. The molecule has 2 N–H and O–H groups in total. The number of pyridine rings is 1. The Bertz CT molecular complexity index is 708. The molecule has 3 rings (SSSR count). The Hall–Kier alpha value is -2.83. The molecule has 7 heteroatoms. The van der Waals surface area contributed by atoms with E-state index >= 15 is 0 Å². The van der Waals surface area contributed by atoms with Crippen LogP contribution in [0.2, 0.25) is 0 Å². The van der Waals surface area contributed by atoms with Crippen molar-refractivity contribution >= 4 is 17.1 Å². The number of hydrogen-bond acceptors (Lipinski definition) is 5. The van der Waals surface area contributed by atoms with Crippen LogP contribution in [0.3, 0.4) is 0 Å². The van der Waals surface area contributed by atoms with Gasteiger partial charge in [0.1, 0.15) is 5.52 Å². The summed E-state index contributed by atoms with van der Waals surface area (Å²) in [4.78, 5) is 30.9. The molecule has 0 bridgehead atoms. The SMILES string of the molecule is O=C(NCc1ccccn1)c1ncc2[nH]cnc2n1. The fourth-order valence-corrected chi connectivity index (χ4v) is 1.60. The molecule has 0 unspecified atom stereocenters. The lowest BCUT2D eigenvalue weighted by Crippen LogP contribution is -2.25. The van der Waals surface area contributed by atoms with Gasteiger partial charge in [0.25, 0.3) is 5.91 Å². The molecule has 0 aromatic carbocycles. The number of aromatic nitrogens is 5. The average molecular weight is 254 g/mol. The summed E-state index contributed by atoms with van der Waals surface area (Å²) in [6.07, 6.45) is 4.72. The molecule has 0 spiro atoms. The van der Waals surface area contributed by atoms with Gasteiger partial charge in [0.2, 0.25) is 5.82 Å². The molecule has 3 aromatic rings. The molecule has 3 aromatic heterocycles. The van der Waals surface area contributed by atoms with E-state index in [4.69, 9.17) is 0 Å². The van der Waals surface area contributed by atoms with Crippen molar-refractivity contribution in [2.75, 3.05) is 0 Å². The molecular weight excluding hydrogens is 244 g/mol. The monoisotopic (exact) mass is 254 g/mol. The lowest BCUT2D eigenvalue weighted by atomic mass is 10.3. The van der Waals surface area contributed by atoms with Gasteiger partial charge in [0, 0.05) is 6.20 Å². The van der Waals surface area contributed by atoms with Crippen molar-refractivity contribution in [3.8, 4) is 0 Å². The zero-order valence-electron chi connectivity index (χ0n) is 9.87. The summed E-state index contributed by atoms with van der Waals surface area (Å²) in [6.45, 7) is 0.335. The highest BCUT2D eigenvalue weighted by Crippen LogP contribution is 2.04. The van der Waals surface area contributed by atoms with E-state index in [1.807, 2.05) is 18.2 Å². The first-order valence-corrected chi connectivity index (χ1v) is 5.67. The molecule has 3 heterocycles. The van der Waals surface area contributed by atoms with Crippen molar-refractivity contribution in [3.63, 3.8) is 0 Å². The average Bonchev–Trinajstić information content (AvgIpc) is 2.93. The number of fused-ring (bicyclic) bond motifs is 1. The van der Waals surface area contributed by atoms with Gasteiger partial charge in [0.05, 0.1) is 24.8 Å². The van der Waals surface area contributed by atoms with E-state index in [1.165, 1.54) is 12.5 Å². The zero-order valence-corrected chi connectivity index (χ0v) is 9.87. The second-order valence-electron chi connectivity index (χ2n) is 3.84. The number of nitrogens with zero attached hydrogens (tertiary/aromatic N) is 4. The normalized spacial score (nSPS) is 10.5. The summed E-state index contributed by atoms with van der Waals surface area (Å²) < 4.78 is 0. The number of aromatic amines is 1. The first-order valence-electron chi connectivity index (χ1n) is 5.67. The van der Waals surface area contributed by atoms with E-state index in [0.717, 1.165) is 5.69 Å².